The Morgan fingerprint density at radius 2 is 1.71 bits per heavy atom. The Bertz CT molecular complexity index is 637. The second kappa shape index (κ2) is 6.02. The van der Waals surface area contributed by atoms with Crippen LogP contribution in [0.5, 0.6) is 0 Å². The van der Waals surface area contributed by atoms with Crippen LogP contribution < -0.4 is 5.32 Å². The zero-order valence-electron chi connectivity index (χ0n) is 12.7. The van der Waals surface area contributed by atoms with Gasteiger partial charge in [-0.15, -0.1) is 0 Å². The van der Waals surface area contributed by atoms with Gasteiger partial charge in [-0.05, 0) is 56.8 Å². The van der Waals surface area contributed by atoms with Crippen LogP contribution in [0.2, 0.25) is 0 Å². The van der Waals surface area contributed by atoms with Crippen molar-refractivity contribution < 1.29 is 0 Å². The molecule has 0 bridgehead atoms. The van der Waals surface area contributed by atoms with Crippen LogP contribution >= 0.6 is 12.2 Å². The highest BCUT2D eigenvalue weighted by molar-refractivity contribution is 7.80. The van der Waals surface area contributed by atoms with Crippen molar-refractivity contribution in [3.8, 4) is 0 Å². The Morgan fingerprint density at radius 3 is 2.48 bits per heavy atom. The third-order valence-corrected chi connectivity index (χ3v) is 4.77. The van der Waals surface area contributed by atoms with E-state index >= 15 is 0 Å². The summed E-state index contributed by atoms with van der Waals surface area (Å²) in [6.07, 6.45) is 3.75. The molecule has 0 saturated carbocycles. The van der Waals surface area contributed by atoms with Crippen LogP contribution in [0.25, 0.3) is 10.8 Å². The van der Waals surface area contributed by atoms with Crippen molar-refractivity contribution >= 4 is 33.8 Å². The summed E-state index contributed by atoms with van der Waals surface area (Å²) in [5, 5.41) is 6.79. The van der Waals surface area contributed by atoms with Gasteiger partial charge in [0.1, 0.15) is 0 Å². The van der Waals surface area contributed by atoms with Gasteiger partial charge in [-0.2, -0.15) is 0 Å². The average Bonchev–Trinajstić information content (AvgIpc) is 2.47. The number of thiocarbonyl (C=S) groups is 1. The molecule has 0 radical (unpaired) electrons. The summed E-state index contributed by atoms with van der Waals surface area (Å²) in [6, 6.07) is 15.8. The zero-order valence-corrected chi connectivity index (χ0v) is 13.5. The predicted octanol–water partition coefficient (Wildman–Crippen LogP) is 4.80. The maximum atomic E-state index is 5.69. The Morgan fingerprint density at radius 1 is 1.05 bits per heavy atom. The lowest BCUT2D eigenvalue weighted by Gasteiger charge is -2.41. The molecule has 1 fully saturated rings. The van der Waals surface area contributed by atoms with E-state index in [-0.39, 0.29) is 0 Å². The first kappa shape index (κ1) is 14.3. The molecule has 3 heteroatoms. The molecule has 2 nitrogen and oxygen atoms in total. The highest BCUT2D eigenvalue weighted by Gasteiger charge is 2.26. The first-order valence-electron chi connectivity index (χ1n) is 7.74. The molecule has 110 valence electrons. The first-order chi connectivity index (χ1) is 10.2. The van der Waals surface area contributed by atoms with Gasteiger partial charge in [-0.1, -0.05) is 36.4 Å². The molecule has 1 saturated heterocycles. The number of nitrogens with zero attached hydrogens (tertiary/aromatic N) is 1. The quantitative estimate of drug-likeness (QED) is 0.761. The summed E-state index contributed by atoms with van der Waals surface area (Å²) in [5.74, 6) is 0. The van der Waals surface area contributed by atoms with E-state index in [2.05, 4.69) is 66.5 Å². The van der Waals surface area contributed by atoms with Gasteiger partial charge in [0.25, 0.3) is 0 Å². The van der Waals surface area contributed by atoms with Crippen LogP contribution in [0, 0.1) is 0 Å². The van der Waals surface area contributed by atoms with Gasteiger partial charge in [0, 0.05) is 23.2 Å². The van der Waals surface area contributed by atoms with E-state index in [9.17, 15) is 0 Å². The smallest absolute Gasteiger partial charge is 0.173 e. The number of rotatable bonds is 1. The summed E-state index contributed by atoms with van der Waals surface area (Å²) in [7, 11) is 0. The minimum atomic E-state index is 0.517. The van der Waals surface area contributed by atoms with E-state index in [1.807, 2.05) is 0 Å². The Hall–Kier alpha value is -1.61. The average molecular weight is 298 g/mol. The summed E-state index contributed by atoms with van der Waals surface area (Å²) < 4.78 is 0. The van der Waals surface area contributed by atoms with Crippen LogP contribution in [0.3, 0.4) is 0 Å². The molecule has 21 heavy (non-hydrogen) atoms. The fourth-order valence-corrected chi connectivity index (χ4v) is 3.81. The molecule has 1 heterocycles. The van der Waals surface area contributed by atoms with Crippen LogP contribution in [0.1, 0.15) is 33.1 Å². The fourth-order valence-electron chi connectivity index (χ4n) is 3.34. The van der Waals surface area contributed by atoms with Crippen LogP contribution in [0.4, 0.5) is 5.69 Å². The molecule has 2 unspecified atom stereocenters. The van der Waals surface area contributed by atoms with Gasteiger partial charge >= 0.3 is 0 Å². The molecule has 0 aromatic heterocycles. The third kappa shape index (κ3) is 2.88. The van der Waals surface area contributed by atoms with Gasteiger partial charge in [-0.25, -0.2) is 0 Å². The molecule has 2 atom stereocenters. The summed E-state index contributed by atoms with van der Waals surface area (Å²) in [5.41, 5.74) is 1.10. The fraction of sp³-hybridized carbons (Fsp3) is 0.389. The summed E-state index contributed by atoms with van der Waals surface area (Å²) in [6.45, 7) is 4.54. The predicted molar refractivity (Wildman–Crippen MR) is 94.8 cm³/mol. The molecule has 1 aliphatic heterocycles. The maximum Gasteiger partial charge on any atom is 0.173 e. The minimum absolute atomic E-state index is 0.517. The van der Waals surface area contributed by atoms with E-state index < -0.39 is 0 Å². The van der Waals surface area contributed by atoms with Gasteiger partial charge in [0.15, 0.2) is 5.11 Å². The van der Waals surface area contributed by atoms with Crippen molar-refractivity contribution in [2.24, 2.45) is 0 Å². The van der Waals surface area contributed by atoms with Crippen molar-refractivity contribution in [1.29, 1.82) is 0 Å². The lowest BCUT2D eigenvalue weighted by atomic mass is 9.98. The molecular formula is C18H22N2S. The number of anilines is 1. The second-order valence-electron chi connectivity index (χ2n) is 5.99. The molecule has 1 aliphatic rings. The molecular weight excluding hydrogens is 276 g/mol. The van der Waals surface area contributed by atoms with Crippen molar-refractivity contribution in [2.45, 2.75) is 45.2 Å². The highest BCUT2D eigenvalue weighted by Crippen LogP contribution is 2.26. The van der Waals surface area contributed by atoms with Gasteiger partial charge in [0.2, 0.25) is 0 Å². The number of nitrogens with one attached hydrogen (secondary N) is 1. The highest BCUT2D eigenvalue weighted by atomic mass is 32.1. The molecule has 0 amide bonds. The van der Waals surface area contributed by atoms with E-state index in [0.29, 0.717) is 12.1 Å². The third-order valence-electron chi connectivity index (χ3n) is 4.46. The van der Waals surface area contributed by atoms with Crippen molar-refractivity contribution in [1.82, 2.24) is 4.90 Å². The van der Waals surface area contributed by atoms with E-state index in [0.717, 1.165) is 10.8 Å². The second-order valence-corrected chi connectivity index (χ2v) is 6.38. The molecule has 2 aromatic carbocycles. The van der Waals surface area contributed by atoms with E-state index in [1.54, 1.807) is 0 Å². The summed E-state index contributed by atoms with van der Waals surface area (Å²) in [4.78, 5) is 2.36. The molecule has 1 N–H and O–H groups in total. The Kier molecular flexibility index (Phi) is 4.11. The summed E-state index contributed by atoms with van der Waals surface area (Å²) >= 11 is 5.69. The van der Waals surface area contributed by atoms with Crippen LogP contribution in [-0.2, 0) is 0 Å². The van der Waals surface area contributed by atoms with Crippen molar-refractivity contribution in [2.75, 3.05) is 5.32 Å². The molecule has 0 spiro atoms. The Balaban J connectivity index is 1.86. The largest absolute Gasteiger partial charge is 0.344 e. The van der Waals surface area contributed by atoms with Gasteiger partial charge in [0.05, 0.1) is 0 Å². The number of likely N-dealkylation sites (tertiary alicyclic amines) is 1. The number of hydrogen-bond acceptors (Lipinski definition) is 1. The number of fused-ring (bicyclic) bond motifs is 1. The normalized spacial score (nSPS) is 22.3. The monoisotopic (exact) mass is 298 g/mol. The minimum Gasteiger partial charge on any atom is -0.344 e. The van der Waals surface area contributed by atoms with Crippen LogP contribution in [-0.4, -0.2) is 22.1 Å². The number of hydrogen-bond donors (Lipinski definition) is 1. The standard InChI is InChI=1S/C18H22N2S/c1-13-7-5-8-14(2)20(13)18(21)19-17-12-6-10-15-9-3-4-11-16(15)17/h3-4,6,9-14H,5,7-8H2,1-2H3,(H,19,21). The van der Waals surface area contributed by atoms with E-state index in [4.69, 9.17) is 12.2 Å². The zero-order chi connectivity index (χ0) is 14.8. The number of piperidine rings is 1. The van der Waals surface area contributed by atoms with E-state index in [1.165, 1.54) is 30.0 Å². The molecule has 2 aromatic rings. The number of benzene rings is 2. The molecule has 0 aliphatic carbocycles. The van der Waals surface area contributed by atoms with Gasteiger partial charge in [-0.3, -0.25) is 0 Å². The van der Waals surface area contributed by atoms with Gasteiger partial charge < -0.3 is 10.2 Å². The lowest BCUT2D eigenvalue weighted by Crippen LogP contribution is -2.49. The SMILES string of the molecule is CC1CCCC(C)N1C(=S)Nc1cccc2ccccc12. The van der Waals surface area contributed by atoms with Crippen molar-refractivity contribution in [3.05, 3.63) is 42.5 Å². The Labute approximate surface area is 132 Å². The lowest BCUT2D eigenvalue weighted by molar-refractivity contribution is 0.194. The van der Waals surface area contributed by atoms with Crippen LogP contribution in [0.15, 0.2) is 42.5 Å². The first-order valence-corrected chi connectivity index (χ1v) is 8.14. The maximum absolute atomic E-state index is 5.69. The van der Waals surface area contributed by atoms with Crippen molar-refractivity contribution in [3.63, 3.8) is 0 Å². The topological polar surface area (TPSA) is 15.3 Å². The molecule has 3 rings (SSSR count).